The summed E-state index contributed by atoms with van der Waals surface area (Å²) in [5.41, 5.74) is 0. The van der Waals surface area contributed by atoms with E-state index in [1.165, 1.54) is 6.33 Å². The van der Waals surface area contributed by atoms with Gasteiger partial charge in [-0.2, -0.15) is 0 Å². The number of ether oxygens (including phenoxy) is 2. The molecular formula is C14H20N4O3. The molecule has 7 heteroatoms. The first-order chi connectivity index (χ1) is 10.2. The maximum atomic E-state index is 11.3. The van der Waals surface area contributed by atoms with Gasteiger partial charge in [0, 0.05) is 39.0 Å². The van der Waals surface area contributed by atoms with Gasteiger partial charge in [0.15, 0.2) is 0 Å². The van der Waals surface area contributed by atoms with Crippen molar-refractivity contribution in [3.05, 3.63) is 12.4 Å². The Hall–Kier alpha value is -1.89. The summed E-state index contributed by atoms with van der Waals surface area (Å²) in [6.45, 7) is 6.07. The Morgan fingerprint density at radius 1 is 1.33 bits per heavy atom. The van der Waals surface area contributed by atoms with Gasteiger partial charge in [-0.1, -0.05) is 0 Å². The zero-order valence-electron chi connectivity index (χ0n) is 12.2. The molecule has 0 aliphatic carbocycles. The fraction of sp³-hybridized carbons (Fsp3) is 0.643. The SMILES string of the molecule is CC(=O)N1CCC(Oc2cc(N3CCOCC3)ncn2)C1. The van der Waals surface area contributed by atoms with E-state index >= 15 is 0 Å². The largest absolute Gasteiger partial charge is 0.472 e. The van der Waals surface area contributed by atoms with Crippen LogP contribution in [0.4, 0.5) is 5.82 Å². The fourth-order valence-electron chi connectivity index (χ4n) is 2.64. The molecule has 2 saturated heterocycles. The minimum Gasteiger partial charge on any atom is -0.472 e. The van der Waals surface area contributed by atoms with E-state index in [1.807, 2.05) is 6.07 Å². The number of aromatic nitrogens is 2. The van der Waals surface area contributed by atoms with E-state index in [9.17, 15) is 4.79 Å². The van der Waals surface area contributed by atoms with Crippen LogP contribution in [0, 0.1) is 0 Å². The van der Waals surface area contributed by atoms with Crippen LogP contribution in [0.1, 0.15) is 13.3 Å². The third-order valence-electron chi connectivity index (χ3n) is 3.84. The highest BCUT2D eigenvalue weighted by Gasteiger charge is 2.26. The lowest BCUT2D eigenvalue weighted by Gasteiger charge is -2.27. The predicted molar refractivity (Wildman–Crippen MR) is 76.4 cm³/mol. The van der Waals surface area contributed by atoms with Gasteiger partial charge in [0.25, 0.3) is 0 Å². The van der Waals surface area contributed by atoms with Gasteiger partial charge < -0.3 is 19.3 Å². The monoisotopic (exact) mass is 292 g/mol. The average molecular weight is 292 g/mol. The summed E-state index contributed by atoms with van der Waals surface area (Å²) in [4.78, 5) is 23.8. The second-order valence-corrected chi connectivity index (χ2v) is 5.31. The van der Waals surface area contributed by atoms with Crippen LogP contribution in [-0.2, 0) is 9.53 Å². The molecule has 3 heterocycles. The van der Waals surface area contributed by atoms with Crippen LogP contribution in [0.15, 0.2) is 12.4 Å². The topological polar surface area (TPSA) is 67.8 Å². The first-order valence-electron chi connectivity index (χ1n) is 7.29. The minimum absolute atomic E-state index is 0.0151. The van der Waals surface area contributed by atoms with Crippen molar-refractivity contribution in [1.29, 1.82) is 0 Å². The Kier molecular flexibility index (Phi) is 4.19. The molecular weight excluding hydrogens is 272 g/mol. The molecule has 1 unspecified atom stereocenters. The smallest absolute Gasteiger partial charge is 0.219 e. The van der Waals surface area contributed by atoms with Crippen LogP contribution < -0.4 is 9.64 Å². The van der Waals surface area contributed by atoms with Crippen molar-refractivity contribution < 1.29 is 14.3 Å². The standard InChI is InChI=1S/C14H20N4O3/c1-11(19)18-3-2-12(9-18)21-14-8-13(15-10-16-14)17-4-6-20-7-5-17/h8,10,12H,2-7,9H2,1H3. The van der Waals surface area contributed by atoms with Crippen LogP contribution in [0.2, 0.25) is 0 Å². The average Bonchev–Trinajstić information content (AvgIpc) is 2.97. The van der Waals surface area contributed by atoms with Crippen molar-refractivity contribution in [2.75, 3.05) is 44.3 Å². The molecule has 0 radical (unpaired) electrons. The lowest BCUT2D eigenvalue weighted by molar-refractivity contribution is -0.128. The van der Waals surface area contributed by atoms with Gasteiger partial charge in [-0.15, -0.1) is 0 Å². The number of carbonyl (C=O) groups is 1. The van der Waals surface area contributed by atoms with E-state index < -0.39 is 0 Å². The molecule has 2 aliphatic rings. The van der Waals surface area contributed by atoms with Crippen LogP contribution in [0.5, 0.6) is 5.88 Å². The number of morpholine rings is 1. The highest BCUT2D eigenvalue weighted by molar-refractivity contribution is 5.73. The number of carbonyl (C=O) groups excluding carboxylic acids is 1. The highest BCUT2D eigenvalue weighted by atomic mass is 16.5. The molecule has 2 aliphatic heterocycles. The summed E-state index contributed by atoms with van der Waals surface area (Å²) in [6.07, 6.45) is 2.38. The van der Waals surface area contributed by atoms with E-state index in [4.69, 9.17) is 9.47 Å². The highest BCUT2D eigenvalue weighted by Crippen LogP contribution is 2.20. The van der Waals surface area contributed by atoms with Crippen molar-refractivity contribution in [2.45, 2.75) is 19.4 Å². The summed E-state index contributed by atoms with van der Waals surface area (Å²) in [5, 5.41) is 0. The lowest BCUT2D eigenvalue weighted by Crippen LogP contribution is -2.36. The van der Waals surface area contributed by atoms with Gasteiger partial charge in [-0.3, -0.25) is 4.79 Å². The van der Waals surface area contributed by atoms with Crippen LogP contribution in [-0.4, -0.2) is 66.3 Å². The van der Waals surface area contributed by atoms with Crippen LogP contribution in [0.25, 0.3) is 0 Å². The Morgan fingerprint density at radius 3 is 2.86 bits per heavy atom. The molecule has 1 aromatic rings. The third-order valence-corrected chi connectivity index (χ3v) is 3.84. The Morgan fingerprint density at radius 2 is 2.14 bits per heavy atom. The van der Waals surface area contributed by atoms with E-state index in [1.54, 1.807) is 11.8 Å². The van der Waals surface area contributed by atoms with Gasteiger partial charge >= 0.3 is 0 Å². The summed E-state index contributed by atoms with van der Waals surface area (Å²) in [5.74, 6) is 1.53. The van der Waals surface area contributed by atoms with Crippen molar-refractivity contribution in [3.8, 4) is 5.88 Å². The van der Waals surface area contributed by atoms with Crippen molar-refractivity contribution >= 4 is 11.7 Å². The first-order valence-corrected chi connectivity index (χ1v) is 7.29. The molecule has 7 nitrogen and oxygen atoms in total. The van der Waals surface area contributed by atoms with Crippen LogP contribution in [0.3, 0.4) is 0 Å². The van der Waals surface area contributed by atoms with E-state index in [0.717, 1.165) is 45.1 Å². The number of hydrogen-bond donors (Lipinski definition) is 0. The minimum atomic E-state index is 0.0151. The fourth-order valence-corrected chi connectivity index (χ4v) is 2.64. The molecule has 0 aromatic carbocycles. The lowest BCUT2D eigenvalue weighted by atomic mass is 10.3. The second kappa shape index (κ2) is 6.26. The van der Waals surface area contributed by atoms with Crippen LogP contribution >= 0.6 is 0 Å². The number of likely N-dealkylation sites (tertiary alicyclic amines) is 1. The predicted octanol–water partition coefficient (Wildman–Crippen LogP) is 0.313. The molecule has 1 aromatic heterocycles. The first kappa shape index (κ1) is 14.1. The van der Waals surface area contributed by atoms with E-state index in [-0.39, 0.29) is 12.0 Å². The maximum Gasteiger partial charge on any atom is 0.219 e. The Balaban J connectivity index is 1.62. The number of anilines is 1. The molecule has 3 rings (SSSR count). The molecule has 0 spiro atoms. The Bertz CT molecular complexity index is 505. The molecule has 114 valence electrons. The van der Waals surface area contributed by atoms with Gasteiger partial charge in [-0.05, 0) is 0 Å². The van der Waals surface area contributed by atoms with Gasteiger partial charge in [0.05, 0.1) is 19.8 Å². The van der Waals surface area contributed by atoms with Gasteiger partial charge in [-0.25, -0.2) is 9.97 Å². The quantitative estimate of drug-likeness (QED) is 0.799. The summed E-state index contributed by atoms with van der Waals surface area (Å²) in [6, 6.07) is 1.86. The summed E-state index contributed by atoms with van der Waals surface area (Å²) >= 11 is 0. The van der Waals surface area contributed by atoms with Crippen molar-refractivity contribution in [2.24, 2.45) is 0 Å². The number of hydrogen-bond acceptors (Lipinski definition) is 6. The zero-order valence-corrected chi connectivity index (χ0v) is 12.2. The number of nitrogens with zero attached hydrogens (tertiary/aromatic N) is 4. The normalized spacial score (nSPS) is 22.4. The Labute approximate surface area is 123 Å². The molecule has 0 bridgehead atoms. The molecule has 2 fully saturated rings. The second-order valence-electron chi connectivity index (χ2n) is 5.31. The maximum absolute atomic E-state index is 11.3. The van der Waals surface area contributed by atoms with Crippen molar-refractivity contribution in [1.82, 2.24) is 14.9 Å². The molecule has 0 saturated carbocycles. The number of amides is 1. The molecule has 0 N–H and O–H groups in total. The van der Waals surface area contributed by atoms with Gasteiger partial charge in [0.2, 0.25) is 11.8 Å². The molecule has 21 heavy (non-hydrogen) atoms. The van der Waals surface area contributed by atoms with E-state index in [0.29, 0.717) is 12.4 Å². The molecule has 1 amide bonds. The molecule has 1 atom stereocenters. The van der Waals surface area contributed by atoms with Gasteiger partial charge in [0.1, 0.15) is 18.2 Å². The summed E-state index contributed by atoms with van der Waals surface area (Å²) in [7, 11) is 0. The van der Waals surface area contributed by atoms with Crippen molar-refractivity contribution in [3.63, 3.8) is 0 Å². The third kappa shape index (κ3) is 3.41. The van der Waals surface area contributed by atoms with E-state index in [2.05, 4.69) is 14.9 Å². The number of rotatable bonds is 3. The summed E-state index contributed by atoms with van der Waals surface area (Å²) < 4.78 is 11.2. The zero-order chi connectivity index (χ0) is 14.7.